The zero-order valence-corrected chi connectivity index (χ0v) is 38.7. The molecule has 8 rings (SSSR count). The second-order valence-electron chi connectivity index (χ2n) is 20.9. The highest BCUT2D eigenvalue weighted by molar-refractivity contribution is 5.77. The van der Waals surface area contributed by atoms with E-state index in [9.17, 15) is 0 Å². The lowest BCUT2D eigenvalue weighted by molar-refractivity contribution is 0.152. The third-order valence-corrected chi connectivity index (χ3v) is 16.6. The maximum Gasteiger partial charge on any atom is 0.0320 e. The van der Waals surface area contributed by atoms with Gasteiger partial charge in [-0.3, -0.25) is 0 Å². The third kappa shape index (κ3) is 12.1. The highest BCUT2D eigenvalue weighted by Crippen LogP contribution is 2.44. The molecular formula is C60H80N2. The van der Waals surface area contributed by atoms with Crippen molar-refractivity contribution < 1.29 is 0 Å². The Morgan fingerprint density at radius 1 is 0.419 bits per heavy atom. The second kappa shape index (κ2) is 22.0. The summed E-state index contributed by atoms with van der Waals surface area (Å²) in [5, 5.41) is 0. The van der Waals surface area contributed by atoms with Gasteiger partial charge in [-0.25, -0.2) is 0 Å². The standard InChI is InChI=1S/C60H80N2/c1-3-5-43-19-27-51(28-20-43)53-31-23-47(24-32-53)9-7-45-11-15-49(16-12-45)39-55-35-37-57(61)41-59(55)60-42-58(62)38-36-56(60)40-50-17-13-46(14-18-50)8-10-48-25-33-54(34-26-48)52-29-21-44(6-4-2)22-30-52/h7-18,35-38,41-44,47-48,51-54H,3-6,19-34,39-40,61-62H2,1-2H3/b9-7+,10-8+. The minimum absolute atomic E-state index is 0.728. The van der Waals surface area contributed by atoms with Gasteiger partial charge in [-0.05, 0) is 206 Å². The Balaban J connectivity index is 0.846. The van der Waals surface area contributed by atoms with Crippen LogP contribution in [0.3, 0.4) is 0 Å². The minimum Gasteiger partial charge on any atom is -0.399 e. The molecule has 0 atom stereocenters. The van der Waals surface area contributed by atoms with Crippen LogP contribution < -0.4 is 11.5 Å². The highest BCUT2D eigenvalue weighted by Gasteiger charge is 2.31. The summed E-state index contributed by atoms with van der Waals surface area (Å²) in [5.74, 6) is 7.45. The first-order valence-corrected chi connectivity index (χ1v) is 25.7. The largest absolute Gasteiger partial charge is 0.399 e. The highest BCUT2D eigenvalue weighted by atomic mass is 14.6. The molecule has 4 aromatic rings. The van der Waals surface area contributed by atoms with E-state index in [1.54, 1.807) is 0 Å². The molecule has 0 aromatic heterocycles. The quantitative estimate of drug-likeness (QED) is 0.117. The van der Waals surface area contributed by atoms with Crippen LogP contribution in [0.1, 0.15) is 176 Å². The van der Waals surface area contributed by atoms with Crippen molar-refractivity contribution in [2.24, 2.45) is 47.3 Å². The molecule has 0 unspecified atom stereocenters. The monoisotopic (exact) mass is 829 g/mol. The van der Waals surface area contributed by atoms with Crippen molar-refractivity contribution >= 4 is 23.5 Å². The fourth-order valence-corrected chi connectivity index (χ4v) is 12.8. The molecule has 2 heteroatoms. The van der Waals surface area contributed by atoms with Crippen LogP contribution in [-0.2, 0) is 12.8 Å². The zero-order chi connectivity index (χ0) is 42.7. The molecule has 0 spiro atoms. The lowest BCUT2D eigenvalue weighted by atomic mass is 9.68. The smallest absolute Gasteiger partial charge is 0.0320 e. The number of anilines is 2. The van der Waals surface area contributed by atoms with Crippen molar-refractivity contribution in [3.63, 3.8) is 0 Å². The Morgan fingerprint density at radius 2 is 0.758 bits per heavy atom. The van der Waals surface area contributed by atoms with E-state index in [4.69, 9.17) is 11.5 Å². The molecule has 4 aliphatic rings. The summed E-state index contributed by atoms with van der Waals surface area (Å²) in [6, 6.07) is 31.3. The Kier molecular flexibility index (Phi) is 15.8. The predicted molar refractivity (Wildman–Crippen MR) is 269 cm³/mol. The van der Waals surface area contributed by atoms with Crippen LogP contribution in [-0.4, -0.2) is 0 Å². The maximum atomic E-state index is 6.48. The minimum atomic E-state index is 0.728. The summed E-state index contributed by atoms with van der Waals surface area (Å²) in [5.41, 5.74) is 24.7. The Hall–Kier alpha value is -4.04. The maximum absolute atomic E-state index is 6.48. The molecule has 0 heterocycles. The first-order chi connectivity index (χ1) is 30.4. The van der Waals surface area contributed by atoms with Crippen LogP contribution in [0.5, 0.6) is 0 Å². The summed E-state index contributed by atoms with van der Waals surface area (Å²) in [4.78, 5) is 0. The van der Waals surface area contributed by atoms with Gasteiger partial charge in [0.2, 0.25) is 0 Å². The average Bonchev–Trinajstić information content (AvgIpc) is 3.31. The van der Waals surface area contributed by atoms with Gasteiger partial charge in [0.05, 0.1) is 0 Å². The number of benzene rings is 4. The molecule has 4 saturated carbocycles. The Labute approximate surface area is 377 Å². The Bertz CT molecular complexity index is 1870. The van der Waals surface area contributed by atoms with Crippen molar-refractivity contribution in [2.75, 3.05) is 11.5 Å². The van der Waals surface area contributed by atoms with Crippen LogP contribution in [0, 0.1) is 47.3 Å². The van der Waals surface area contributed by atoms with Crippen molar-refractivity contribution in [1.29, 1.82) is 0 Å². The van der Waals surface area contributed by atoms with Gasteiger partial charge in [-0.1, -0.05) is 150 Å². The SMILES string of the molecule is CCCC1CCC(C2CCC(/C=C/c3ccc(Cc4ccc(N)cc4-c4cc(N)ccc4Cc4ccc(/C=C/C5CCC(C6CCC(CCC)CC6)CC5)cc4)cc3)CC2)CC1. The molecule has 62 heavy (non-hydrogen) atoms. The third-order valence-electron chi connectivity index (χ3n) is 16.6. The molecule has 4 aliphatic carbocycles. The lowest BCUT2D eigenvalue weighted by Gasteiger charge is -2.37. The van der Waals surface area contributed by atoms with Gasteiger partial charge in [0.15, 0.2) is 0 Å². The normalized spacial score (nSPS) is 27.2. The first kappa shape index (κ1) is 44.6. The van der Waals surface area contributed by atoms with Crippen molar-refractivity contribution in [3.05, 3.63) is 130 Å². The van der Waals surface area contributed by atoms with Crippen LogP contribution in [0.25, 0.3) is 23.3 Å². The summed E-state index contributed by atoms with van der Waals surface area (Å²) in [7, 11) is 0. The molecule has 0 amide bonds. The van der Waals surface area contributed by atoms with Crippen LogP contribution in [0.4, 0.5) is 11.4 Å². The number of rotatable bonds is 15. The molecule has 0 saturated heterocycles. The molecule has 2 nitrogen and oxygen atoms in total. The molecule has 330 valence electrons. The fraction of sp³-hybridized carbons (Fsp3) is 0.533. The summed E-state index contributed by atoms with van der Waals surface area (Å²) in [6.07, 6.45) is 40.2. The summed E-state index contributed by atoms with van der Waals surface area (Å²) in [6.45, 7) is 4.70. The number of nitrogen functional groups attached to an aromatic ring is 2. The van der Waals surface area contributed by atoms with E-state index in [1.165, 1.54) is 173 Å². The molecule has 4 fully saturated rings. The van der Waals surface area contributed by atoms with Crippen molar-refractivity contribution in [2.45, 2.75) is 155 Å². The molecule has 0 aliphatic heterocycles. The van der Waals surface area contributed by atoms with Gasteiger partial charge in [-0.2, -0.15) is 0 Å². The first-order valence-electron chi connectivity index (χ1n) is 25.7. The predicted octanol–water partition coefficient (Wildman–Crippen LogP) is 16.6. The Morgan fingerprint density at radius 3 is 1.10 bits per heavy atom. The lowest BCUT2D eigenvalue weighted by Crippen LogP contribution is -2.25. The average molecular weight is 829 g/mol. The number of hydrogen-bond acceptors (Lipinski definition) is 2. The van der Waals surface area contributed by atoms with E-state index < -0.39 is 0 Å². The summed E-state index contributed by atoms with van der Waals surface area (Å²) >= 11 is 0. The van der Waals surface area contributed by atoms with E-state index in [0.717, 1.165) is 71.6 Å². The van der Waals surface area contributed by atoms with Gasteiger partial charge >= 0.3 is 0 Å². The van der Waals surface area contributed by atoms with E-state index in [0.29, 0.717) is 0 Å². The molecule has 4 N–H and O–H groups in total. The molecule has 4 aromatic carbocycles. The topological polar surface area (TPSA) is 52.0 Å². The van der Waals surface area contributed by atoms with Crippen LogP contribution in [0.15, 0.2) is 97.1 Å². The number of nitrogens with two attached hydrogens (primary N) is 2. The van der Waals surface area contributed by atoms with Crippen LogP contribution >= 0.6 is 0 Å². The van der Waals surface area contributed by atoms with E-state index in [2.05, 4.69) is 111 Å². The van der Waals surface area contributed by atoms with Gasteiger partial charge in [0.1, 0.15) is 0 Å². The van der Waals surface area contributed by atoms with Gasteiger partial charge in [0, 0.05) is 11.4 Å². The number of allylic oxidation sites excluding steroid dienone is 2. The molecule has 0 radical (unpaired) electrons. The fourth-order valence-electron chi connectivity index (χ4n) is 12.8. The van der Waals surface area contributed by atoms with Crippen LogP contribution in [0.2, 0.25) is 0 Å². The van der Waals surface area contributed by atoms with Gasteiger partial charge in [-0.15, -0.1) is 0 Å². The molecular weight excluding hydrogens is 749 g/mol. The van der Waals surface area contributed by atoms with Gasteiger partial charge in [0.25, 0.3) is 0 Å². The van der Waals surface area contributed by atoms with Crippen molar-refractivity contribution in [3.8, 4) is 11.1 Å². The van der Waals surface area contributed by atoms with Gasteiger partial charge < -0.3 is 11.5 Å². The summed E-state index contributed by atoms with van der Waals surface area (Å²) < 4.78 is 0. The van der Waals surface area contributed by atoms with E-state index >= 15 is 0 Å². The molecule has 0 bridgehead atoms. The zero-order valence-electron chi connectivity index (χ0n) is 38.7. The van der Waals surface area contributed by atoms with E-state index in [1.807, 2.05) is 12.1 Å². The second-order valence-corrected chi connectivity index (χ2v) is 20.9. The van der Waals surface area contributed by atoms with Crippen molar-refractivity contribution in [1.82, 2.24) is 0 Å². The number of hydrogen-bond donors (Lipinski definition) is 2. The van der Waals surface area contributed by atoms with E-state index in [-0.39, 0.29) is 0 Å².